The molecule has 0 fully saturated rings. The average molecular weight is 272 g/mol. The number of rotatable bonds is 4. The summed E-state index contributed by atoms with van der Waals surface area (Å²) in [5.41, 5.74) is 1.34. The standard InChI is InChI=1S/C16H20N2O2/c1-12(2)16(3)8-9-18(17-11-16)10-13-4-6-14(7-5-13)15(19)20/h4-9,11-12H,10H2,1-3H3,(H,19,20). The Morgan fingerprint density at radius 3 is 2.45 bits per heavy atom. The molecule has 0 aliphatic carbocycles. The van der Waals surface area contributed by atoms with Crippen LogP contribution in [0.1, 0.15) is 36.7 Å². The molecule has 1 heterocycles. The van der Waals surface area contributed by atoms with Gasteiger partial charge in [0, 0.05) is 17.8 Å². The van der Waals surface area contributed by atoms with Crippen molar-refractivity contribution in [3.05, 3.63) is 47.7 Å². The second-order valence-electron chi connectivity index (χ2n) is 5.68. The normalized spacial score (nSPS) is 21.5. The van der Waals surface area contributed by atoms with Gasteiger partial charge in [0.25, 0.3) is 0 Å². The molecule has 0 bridgehead atoms. The Labute approximate surface area is 119 Å². The summed E-state index contributed by atoms with van der Waals surface area (Å²) in [6, 6.07) is 6.88. The molecule has 20 heavy (non-hydrogen) atoms. The van der Waals surface area contributed by atoms with E-state index in [-0.39, 0.29) is 5.41 Å². The summed E-state index contributed by atoms with van der Waals surface area (Å²) in [5.74, 6) is -0.403. The predicted octanol–water partition coefficient (Wildman–Crippen LogP) is 3.36. The fourth-order valence-electron chi connectivity index (χ4n) is 1.90. The van der Waals surface area contributed by atoms with E-state index in [9.17, 15) is 4.79 Å². The number of hydrogen-bond donors (Lipinski definition) is 1. The number of carboxylic acid groups (broad SMARTS) is 1. The summed E-state index contributed by atoms with van der Waals surface area (Å²) >= 11 is 0. The van der Waals surface area contributed by atoms with Gasteiger partial charge in [0.2, 0.25) is 0 Å². The van der Waals surface area contributed by atoms with Crippen molar-refractivity contribution in [1.82, 2.24) is 5.01 Å². The smallest absolute Gasteiger partial charge is 0.335 e. The molecule has 1 aromatic carbocycles. The van der Waals surface area contributed by atoms with Crippen molar-refractivity contribution in [3.63, 3.8) is 0 Å². The van der Waals surface area contributed by atoms with Crippen LogP contribution in [0.2, 0.25) is 0 Å². The largest absolute Gasteiger partial charge is 0.478 e. The van der Waals surface area contributed by atoms with Crippen LogP contribution in [0.25, 0.3) is 0 Å². The van der Waals surface area contributed by atoms with Crippen LogP contribution < -0.4 is 0 Å². The van der Waals surface area contributed by atoms with Gasteiger partial charge in [-0.25, -0.2) is 4.79 Å². The number of hydrazone groups is 1. The van der Waals surface area contributed by atoms with E-state index in [2.05, 4.69) is 31.9 Å². The molecule has 0 radical (unpaired) electrons. The summed E-state index contributed by atoms with van der Waals surface area (Å²) in [7, 11) is 0. The maximum absolute atomic E-state index is 10.8. The van der Waals surface area contributed by atoms with Crippen LogP contribution in [-0.4, -0.2) is 22.3 Å². The van der Waals surface area contributed by atoms with Crippen LogP contribution >= 0.6 is 0 Å². The highest BCUT2D eigenvalue weighted by Gasteiger charge is 2.25. The van der Waals surface area contributed by atoms with Gasteiger partial charge in [-0.3, -0.25) is 5.01 Å². The Bertz CT molecular complexity index is 530. The van der Waals surface area contributed by atoms with Gasteiger partial charge < -0.3 is 5.11 Å². The molecule has 0 amide bonds. The maximum atomic E-state index is 10.8. The first-order chi connectivity index (χ1) is 9.40. The molecule has 4 nitrogen and oxygen atoms in total. The van der Waals surface area contributed by atoms with Crippen molar-refractivity contribution < 1.29 is 9.90 Å². The van der Waals surface area contributed by atoms with Crippen LogP contribution in [0, 0.1) is 11.3 Å². The fraction of sp³-hybridized carbons (Fsp3) is 0.375. The Kier molecular flexibility index (Phi) is 3.93. The van der Waals surface area contributed by atoms with Crippen molar-refractivity contribution in [1.29, 1.82) is 0 Å². The van der Waals surface area contributed by atoms with E-state index < -0.39 is 5.97 Å². The third-order valence-electron chi connectivity index (χ3n) is 3.88. The van der Waals surface area contributed by atoms with Gasteiger partial charge >= 0.3 is 5.97 Å². The van der Waals surface area contributed by atoms with Gasteiger partial charge in [0.05, 0.1) is 12.1 Å². The van der Waals surface area contributed by atoms with Crippen molar-refractivity contribution in [2.24, 2.45) is 16.4 Å². The lowest BCUT2D eigenvalue weighted by Crippen LogP contribution is -2.28. The molecule has 2 rings (SSSR count). The minimum absolute atomic E-state index is 0.00364. The van der Waals surface area contributed by atoms with Crippen LogP contribution in [0.4, 0.5) is 0 Å². The molecule has 0 aromatic heterocycles. The summed E-state index contributed by atoms with van der Waals surface area (Å²) in [4.78, 5) is 10.8. The van der Waals surface area contributed by atoms with Crippen LogP contribution in [-0.2, 0) is 6.54 Å². The lowest BCUT2D eigenvalue weighted by molar-refractivity contribution is 0.0697. The Hall–Kier alpha value is -2.10. The maximum Gasteiger partial charge on any atom is 0.335 e. The quantitative estimate of drug-likeness (QED) is 0.914. The van der Waals surface area contributed by atoms with Gasteiger partial charge in [-0.1, -0.05) is 39.0 Å². The number of carbonyl (C=O) groups is 1. The zero-order chi connectivity index (χ0) is 14.8. The van der Waals surface area contributed by atoms with E-state index in [1.54, 1.807) is 12.1 Å². The number of carboxylic acids is 1. The molecular weight excluding hydrogens is 252 g/mol. The highest BCUT2D eigenvalue weighted by atomic mass is 16.4. The number of allylic oxidation sites excluding steroid dienone is 1. The second-order valence-corrected chi connectivity index (χ2v) is 5.68. The third-order valence-corrected chi connectivity index (χ3v) is 3.88. The van der Waals surface area contributed by atoms with Crippen molar-refractivity contribution in [2.75, 3.05) is 0 Å². The topological polar surface area (TPSA) is 52.9 Å². The number of aromatic carboxylic acids is 1. The first kappa shape index (κ1) is 14.3. The zero-order valence-corrected chi connectivity index (χ0v) is 12.1. The van der Waals surface area contributed by atoms with E-state index in [1.165, 1.54) is 0 Å². The lowest BCUT2D eigenvalue weighted by Gasteiger charge is -2.31. The van der Waals surface area contributed by atoms with Crippen molar-refractivity contribution >= 4 is 12.2 Å². The first-order valence-electron chi connectivity index (χ1n) is 6.74. The van der Waals surface area contributed by atoms with Crippen molar-refractivity contribution in [3.8, 4) is 0 Å². The van der Waals surface area contributed by atoms with Crippen LogP contribution in [0.15, 0.2) is 41.6 Å². The summed E-state index contributed by atoms with van der Waals surface area (Å²) in [6.45, 7) is 7.16. The molecular formula is C16H20N2O2. The molecule has 0 spiro atoms. The monoisotopic (exact) mass is 272 g/mol. The van der Waals surface area contributed by atoms with Gasteiger partial charge in [-0.2, -0.15) is 5.10 Å². The van der Waals surface area contributed by atoms with Crippen molar-refractivity contribution in [2.45, 2.75) is 27.3 Å². The average Bonchev–Trinajstić information content (AvgIpc) is 2.42. The minimum atomic E-state index is -0.903. The molecule has 1 aliphatic heterocycles. The molecule has 4 heteroatoms. The zero-order valence-electron chi connectivity index (χ0n) is 12.1. The summed E-state index contributed by atoms with van der Waals surface area (Å²) < 4.78 is 0. The first-order valence-corrected chi connectivity index (χ1v) is 6.74. The second kappa shape index (κ2) is 5.49. The van der Waals surface area contributed by atoms with Gasteiger partial charge in [0.1, 0.15) is 0 Å². The van der Waals surface area contributed by atoms with Gasteiger partial charge in [-0.05, 0) is 23.6 Å². The minimum Gasteiger partial charge on any atom is -0.478 e. The van der Waals surface area contributed by atoms with Gasteiger partial charge in [-0.15, -0.1) is 0 Å². The molecule has 0 saturated carbocycles. The highest BCUT2D eigenvalue weighted by Crippen LogP contribution is 2.29. The Morgan fingerprint density at radius 2 is 2.00 bits per heavy atom. The number of hydrogen-bond acceptors (Lipinski definition) is 3. The predicted molar refractivity (Wildman–Crippen MR) is 79.5 cm³/mol. The molecule has 106 valence electrons. The van der Waals surface area contributed by atoms with E-state index in [1.807, 2.05) is 29.6 Å². The Morgan fingerprint density at radius 1 is 1.35 bits per heavy atom. The molecule has 1 aromatic rings. The number of nitrogens with zero attached hydrogens (tertiary/aromatic N) is 2. The van der Waals surface area contributed by atoms with Crippen LogP contribution in [0.5, 0.6) is 0 Å². The van der Waals surface area contributed by atoms with E-state index in [4.69, 9.17) is 5.11 Å². The SMILES string of the molecule is CC(C)C1(C)C=CN(Cc2ccc(C(=O)O)cc2)N=C1. The lowest BCUT2D eigenvalue weighted by atomic mass is 9.80. The Balaban J connectivity index is 2.02. The third kappa shape index (κ3) is 3.07. The van der Waals surface area contributed by atoms with Gasteiger partial charge in [0.15, 0.2) is 0 Å². The number of benzene rings is 1. The summed E-state index contributed by atoms with van der Waals surface area (Å²) in [5, 5.41) is 15.2. The highest BCUT2D eigenvalue weighted by molar-refractivity contribution is 5.87. The molecule has 1 aliphatic rings. The van der Waals surface area contributed by atoms with E-state index in [0.717, 1.165) is 5.56 Å². The molecule has 1 N–H and O–H groups in total. The van der Waals surface area contributed by atoms with E-state index >= 15 is 0 Å². The fourth-order valence-corrected chi connectivity index (χ4v) is 1.90. The molecule has 0 saturated heterocycles. The summed E-state index contributed by atoms with van der Waals surface area (Å²) in [6.07, 6.45) is 6.13. The molecule has 1 unspecified atom stereocenters. The van der Waals surface area contributed by atoms with E-state index in [0.29, 0.717) is 18.0 Å². The molecule has 1 atom stereocenters. The van der Waals surface area contributed by atoms with Crippen LogP contribution in [0.3, 0.4) is 0 Å².